The first kappa shape index (κ1) is 15.2. The van der Waals surface area contributed by atoms with Crippen LogP contribution in [0.3, 0.4) is 0 Å². The summed E-state index contributed by atoms with van der Waals surface area (Å²) in [6.45, 7) is 3.62. The standard InChI is InChI=1S/C15H14N4O3/c1-2-4-10-5-3-6-11(14(10)21)9-16-19-15(22)12-7-8-13(20)18-17-12/h2-3,5-9,21H,1,4H2,(H,18,20)(H,19,22)/b16-9-. The number of hydrazone groups is 1. The van der Waals surface area contributed by atoms with Crippen molar-refractivity contribution in [2.75, 3.05) is 0 Å². The number of aromatic hydroxyl groups is 1. The van der Waals surface area contributed by atoms with Crippen LogP contribution < -0.4 is 11.0 Å². The molecule has 1 aromatic carbocycles. The van der Waals surface area contributed by atoms with Crippen LogP contribution in [-0.4, -0.2) is 27.4 Å². The molecular formula is C15H14N4O3. The van der Waals surface area contributed by atoms with Gasteiger partial charge in [0.25, 0.3) is 11.5 Å². The highest BCUT2D eigenvalue weighted by Crippen LogP contribution is 2.21. The van der Waals surface area contributed by atoms with Gasteiger partial charge in [-0.3, -0.25) is 9.59 Å². The zero-order valence-corrected chi connectivity index (χ0v) is 11.6. The Morgan fingerprint density at radius 3 is 2.91 bits per heavy atom. The van der Waals surface area contributed by atoms with Crippen molar-refractivity contribution in [2.45, 2.75) is 6.42 Å². The number of hydrogen-bond acceptors (Lipinski definition) is 5. The minimum atomic E-state index is -0.575. The summed E-state index contributed by atoms with van der Waals surface area (Å²) in [5.74, 6) is -0.489. The van der Waals surface area contributed by atoms with E-state index in [1.54, 1.807) is 24.3 Å². The van der Waals surface area contributed by atoms with Crippen molar-refractivity contribution >= 4 is 12.1 Å². The molecule has 1 amide bonds. The molecule has 112 valence electrons. The Labute approximate surface area is 126 Å². The third kappa shape index (κ3) is 3.66. The molecule has 0 unspecified atom stereocenters. The Morgan fingerprint density at radius 2 is 2.23 bits per heavy atom. The Hall–Kier alpha value is -3.22. The van der Waals surface area contributed by atoms with Crippen LogP contribution in [0.1, 0.15) is 21.6 Å². The van der Waals surface area contributed by atoms with E-state index in [-0.39, 0.29) is 11.4 Å². The van der Waals surface area contributed by atoms with Gasteiger partial charge in [0.05, 0.1) is 6.21 Å². The SMILES string of the molecule is C=CCc1cccc(/C=N\NC(=O)c2ccc(=O)[nH]n2)c1O. The van der Waals surface area contributed by atoms with Gasteiger partial charge < -0.3 is 5.11 Å². The van der Waals surface area contributed by atoms with Gasteiger partial charge in [-0.1, -0.05) is 18.2 Å². The summed E-state index contributed by atoms with van der Waals surface area (Å²) in [7, 11) is 0. The van der Waals surface area contributed by atoms with Crippen molar-refractivity contribution in [1.82, 2.24) is 15.6 Å². The van der Waals surface area contributed by atoms with Crippen LogP contribution in [-0.2, 0) is 6.42 Å². The summed E-state index contributed by atoms with van der Waals surface area (Å²) in [4.78, 5) is 22.6. The van der Waals surface area contributed by atoms with E-state index in [9.17, 15) is 14.7 Å². The molecule has 0 saturated heterocycles. The first-order chi connectivity index (χ1) is 10.6. The summed E-state index contributed by atoms with van der Waals surface area (Å²) in [6.07, 6.45) is 3.53. The number of para-hydroxylation sites is 1. The minimum absolute atomic E-state index is 0.0291. The second-order valence-electron chi connectivity index (χ2n) is 4.35. The molecule has 0 spiro atoms. The molecule has 2 rings (SSSR count). The number of carbonyl (C=O) groups excluding carboxylic acids is 1. The summed E-state index contributed by atoms with van der Waals surface area (Å²) in [5.41, 5.74) is 3.07. The van der Waals surface area contributed by atoms with Crippen molar-refractivity contribution in [1.29, 1.82) is 0 Å². The van der Waals surface area contributed by atoms with Gasteiger partial charge in [0.1, 0.15) is 5.75 Å². The number of carbonyl (C=O) groups is 1. The molecule has 0 aliphatic rings. The van der Waals surface area contributed by atoms with Crippen molar-refractivity contribution in [3.8, 4) is 5.75 Å². The largest absolute Gasteiger partial charge is 0.507 e. The first-order valence-corrected chi connectivity index (χ1v) is 6.42. The van der Waals surface area contributed by atoms with E-state index in [0.29, 0.717) is 17.5 Å². The van der Waals surface area contributed by atoms with Gasteiger partial charge >= 0.3 is 0 Å². The fourth-order valence-corrected chi connectivity index (χ4v) is 1.72. The average Bonchev–Trinajstić information content (AvgIpc) is 2.51. The molecule has 2 aromatic rings. The highest BCUT2D eigenvalue weighted by molar-refractivity contribution is 5.93. The van der Waals surface area contributed by atoms with Crippen LogP contribution in [0.2, 0.25) is 0 Å². The number of rotatable bonds is 5. The quantitative estimate of drug-likeness (QED) is 0.434. The number of phenolic OH excluding ortho intramolecular Hbond substituents is 1. The Bertz CT molecular complexity index is 760. The van der Waals surface area contributed by atoms with Crippen LogP contribution in [0.15, 0.2) is 52.9 Å². The average molecular weight is 298 g/mol. The Morgan fingerprint density at radius 1 is 1.41 bits per heavy atom. The number of H-pyrrole nitrogens is 1. The number of nitrogens with one attached hydrogen (secondary N) is 2. The third-order valence-electron chi connectivity index (χ3n) is 2.80. The number of amides is 1. The number of benzene rings is 1. The molecule has 1 heterocycles. The Balaban J connectivity index is 2.08. The maximum atomic E-state index is 11.7. The van der Waals surface area contributed by atoms with Gasteiger partial charge in [-0.2, -0.15) is 10.2 Å². The van der Waals surface area contributed by atoms with Crippen molar-refractivity contribution in [3.05, 3.63) is 70.2 Å². The molecule has 7 heteroatoms. The van der Waals surface area contributed by atoms with Crippen molar-refractivity contribution < 1.29 is 9.90 Å². The zero-order chi connectivity index (χ0) is 15.9. The van der Waals surface area contributed by atoms with Crippen molar-refractivity contribution in [3.63, 3.8) is 0 Å². The maximum absolute atomic E-state index is 11.7. The van der Waals surface area contributed by atoms with Gasteiger partial charge in [-0.05, 0) is 24.1 Å². The van der Waals surface area contributed by atoms with Crippen LogP contribution >= 0.6 is 0 Å². The summed E-state index contributed by atoms with van der Waals surface area (Å²) >= 11 is 0. The molecule has 0 bridgehead atoms. The lowest BCUT2D eigenvalue weighted by Gasteiger charge is -2.04. The van der Waals surface area contributed by atoms with Crippen LogP contribution in [0.4, 0.5) is 0 Å². The molecule has 0 radical (unpaired) electrons. The molecule has 0 aliphatic carbocycles. The Kier molecular flexibility index (Phi) is 4.81. The van der Waals surface area contributed by atoms with E-state index >= 15 is 0 Å². The lowest BCUT2D eigenvalue weighted by molar-refractivity contribution is 0.0949. The summed E-state index contributed by atoms with van der Waals surface area (Å²) < 4.78 is 0. The number of hydrogen-bond donors (Lipinski definition) is 3. The molecule has 0 saturated carbocycles. The van der Waals surface area contributed by atoms with E-state index in [1.807, 2.05) is 0 Å². The number of aromatic nitrogens is 2. The third-order valence-corrected chi connectivity index (χ3v) is 2.80. The van der Waals surface area contributed by atoms with Crippen molar-refractivity contribution in [2.24, 2.45) is 5.10 Å². The lowest BCUT2D eigenvalue weighted by Crippen LogP contribution is -2.21. The van der Waals surface area contributed by atoms with Crippen LogP contribution in [0.25, 0.3) is 0 Å². The minimum Gasteiger partial charge on any atom is -0.507 e. The predicted octanol–water partition coefficient (Wildman–Crippen LogP) is 0.968. The molecule has 0 aliphatic heterocycles. The topological polar surface area (TPSA) is 107 Å². The molecule has 7 nitrogen and oxygen atoms in total. The van der Waals surface area contributed by atoms with Crippen LogP contribution in [0.5, 0.6) is 5.75 Å². The van der Waals surface area contributed by atoms with Gasteiger partial charge in [-0.25, -0.2) is 10.5 Å². The van der Waals surface area contributed by atoms with Gasteiger partial charge in [0.2, 0.25) is 0 Å². The molecule has 0 atom stereocenters. The first-order valence-electron chi connectivity index (χ1n) is 6.42. The molecule has 1 aromatic heterocycles. The fraction of sp³-hybridized carbons (Fsp3) is 0.0667. The predicted molar refractivity (Wildman–Crippen MR) is 81.9 cm³/mol. The number of aromatic amines is 1. The second kappa shape index (κ2) is 6.98. The molecule has 3 N–H and O–H groups in total. The van der Waals surface area contributed by atoms with Gasteiger partial charge in [0, 0.05) is 11.6 Å². The number of phenols is 1. The van der Waals surface area contributed by atoms with E-state index in [2.05, 4.69) is 27.3 Å². The van der Waals surface area contributed by atoms with E-state index < -0.39 is 11.5 Å². The van der Waals surface area contributed by atoms with E-state index in [4.69, 9.17) is 0 Å². The monoisotopic (exact) mass is 298 g/mol. The highest BCUT2D eigenvalue weighted by atomic mass is 16.3. The van der Waals surface area contributed by atoms with Gasteiger partial charge in [0.15, 0.2) is 5.69 Å². The number of nitrogens with zero attached hydrogens (tertiary/aromatic N) is 2. The fourth-order valence-electron chi connectivity index (χ4n) is 1.72. The zero-order valence-electron chi connectivity index (χ0n) is 11.6. The molecular weight excluding hydrogens is 284 g/mol. The lowest BCUT2D eigenvalue weighted by atomic mass is 10.1. The maximum Gasteiger partial charge on any atom is 0.291 e. The smallest absolute Gasteiger partial charge is 0.291 e. The summed E-state index contributed by atoms with van der Waals surface area (Å²) in [5, 5.41) is 19.5. The molecule has 0 fully saturated rings. The summed E-state index contributed by atoms with van der Waals surface area (Å²) in [6, 6.07) is 7.68. The van der Waals surface area contributed by atoms with E-state index in [1.165, 1.54) is 18.3 Å². The highest BCUT2D eigenvalue weighted by Gasteiger charge is 2.06. The normalized spacial score (nSPS) is 10.5. The van der Waals surface area contributed by atoms with E-state index in [0.717, 1.165) is 0 Å². The molecule has 22 heavy (non-hydrogen) atoms. The number of allylic oxidation sites excluding steroid dienone is 1. The van der Waals surface area contributed by atoms with Gasteiger partial charge in [-0.15, -0.1) is 6.58 Å². The second-order valence-corrected chi connectivity index (χ2v) is 4.35. The van der Waals surface area contributed by atoms with Crippen LogP contribution in [0, 0.1) is 0 Å².